The molecule has 0 aliphatic carbocycles. The maximum atomic E-state index is 11.6. The molecule has 0 unspecified atom stereocenters. The largest absolute Gasteiger partial charge is 0.349 e. The van der Waals surface area contributed by atoms with Crippen molar-refractivity contribution in [3.05, 3.63) is 23.0 Å². The second-order valence-electron chi connectivity index (χ2n) is 3.26. The van der Waals surface area contributed by atoms with Gasteiger partial charge in [-0.1, -0.05) is 18.5 Å². The van der Waals surface area contributed by atoms with Crippen LogP contribution in [0.1, 0.15) is 17.4 Å². The molecule has 2 N–H and O–H groups in total. The number of likely N-dealkylation sites (N-methyl/N-ethyl adjacent to an activating group) is 1. The van der Waals surface area contributed by atoms with Crippen molar-refractivity contribution in [1.29, 1.82) is 0 Å². The molecule has 0 fully saturated rings. The minimum Gasteiger partial charge on any atom is -0.349 e. The van der Waals surface area contributed by atoms with Gasteiger partial charge in [-0.15, -0.1) is 12.4 Å². The summed E-state index contributed by atoms with van der Waals surface area (Å²) in [5.41, 5.74) is 0.580. The minimum absolute atomic E-state index is 0. The van der Waals surface area contributed by atoms with E-state index in [0.29, 0.717) is 17.3 Å². The van der Waals surface area contributed by atoms with E-state index in [1.165, 1.54) is 0 Å². The van der Waals surface area contributed by atoms with Crippen LogP contribution in [0.2, 0.25) is 5.02 Å². The van der Waals surface area contributed by atoms with Gasteiger partial charge in [0.15, 0.2) is 0 Å². The molecule has 0 saturated carbocycles. The van der Waals surface area contributed by atoms with E-state index in [9.17, 15) is 4.79 Å². The number of nitrogens with one attached hydrogen (secondary N) is 2. The second kappa shape index (κ2) is 7.54. The first-order chi connectivity index (χ1) is 7.15. The van der Waals surface area contributed by atoms with Crippen LogP contribution in [0.25, 0.3) is 0 Å². The predicted octanol–water partition coefficient (Wildman–Crippen LogP) is 1.44. The van der Waals surface area contributed by atoms with Gasteiger partial charge in [-0.3, -0.25) is 4.79 Å². The van der Waals surface area contributed by atoms with E-state index in [-0.39, 0.29) is 18.3 Å². The lowest BCUT2D eigenvalue weighted by Crippen LogP contribution is -2.32. The van der Waals surface area contributed by atoms with Gasteiger partial charge in [-0.25, -0.2) is 0 Å². The van der Waals surface area contributed by atoms with Crippen LogP contribution in [-0.2, 0) is 7.05 Å². The lowest BCUT2D eigenvalue weighted by atomic mass is 10.4. The van der Waals surface area contributed by atoms with Gasteiger partial charge >= 0.3 is 0 Å². The van der Waals surface area contributed by atoms with Crippen LogP contribution in [0.4, 0.5) is 0 Å². The van der Waals surface area contributed by atoms with Crippen molar-refractivity contribution in [1.82, 2.24) is 15.2 Å². The predicted molar refractivity (Wildman–Crippen MR) is 68.5 cm³/mol. The summed E-state index contributed by atoms with van der Waals surface area (Å²) in [5.74, 6) is -0.0951. The minimum atomic E-state index is -0.0951. The van der Waals surface area contributed by atoms with Gasteiger partial charge in [-0.05, 0) is 12.6 Å². The third-order valence-electron chi connectivity index (χ3n) is 2.04. The van der Waals surface area contributed by atoms with Crippen LogP contribution < -0.4 is 10.6 Å². The number of nitrogens with zero attached hydrogens (tertiary/aromatic N) is 1. The molecule has 6 heteroatoms. The molecule has 1 rings (SSSR count). The number of aromatic nitrogens is 1. The van der Waals surface area contributed by atoms with Crippen LogP contribution >= 0.6 is 24.0 Å². The van der Waals surface area contributed by atoms with Crippen LogP contribution in [0.15, 0.2) is 12.3 Å². The number of hydrogen-bond acceptors (Lipinski definition) is 2. The Morgan fingerprint density at radius 1 is 1.50 bits per heavy atom. The van der Waals surface area contributed by atoms with Crippen molar-refractivity contribution < 1.29 is 4.79 Å². The van der Waals surface area contributed by atoms with E-state index < -0.39 is 0 Å². The maximum Gasteiger partial charge on any atom is 0.267 e. The molecular weight excluding hydrogens is 249 g/mol. The van der Waals surface area contributed by atoms with E-state index in [1.54, 1.807) is 23.9 Å². The monoisotopic (exact) mass is 265 g/mol. The first kappa shape index (κ1) is 15.3. The molecule has 1 heterocycles. The number of amides is 1. The Labute approximate surface area is 107 Å². The molecule has 0 aromatic carbocycles. The first-order valence-electron chi connectivity index (χ1n) is 4.96. The fourth-order valence-corrected chi connectivity index (χ4v) is 1.53. The molecule has 1 aromatic rings. The zero-order valence-electron chi connectivity index (χ0n) is 9.42. The summed E-state index contributed by atoms with van der Waals surface area (Å²) in [6.07, 6.45) is 1.71. The molecule has 92 valence electrons. The fraction of sp³-hybridized carbons (Fsp3) is 0.500. The topological polar surface area (TPSA) is 46.1 Å². The second-order valence-corrected chi connectivity index (χ2v) is 3.70. The highest BCUT2D eigenvalue weighted by Crippen LogP contribution is 2.12. The molecule has 0 aliphatic heterocycles. The molecule has 0 atom stereocenters. The Bertz CT molecular complexity index is 339. The summed E-state index contributed by atoms with van der Waals surface area (Å²) in [7, 11) is 1.80. The summed E-state index contributed by atoms with van der Waals surface area (Å²) in [5, 5.41) is 6.51. The third kappa shape index (κ3) is 4.43. The van der Waals surface area contributed by atoms with Gasteiger partial charge in [0.25, 0.3) is 5.91 Å². The van der Waals surface area contributed by atoms with Gasteiger partial charge in [0.1, 0.15) is 5.69 Å². The molecule has 0 bridgehead atoms. The van der Waals surface area contributed by atoms with Crippen LogP contribution in [-0.4, -0.2) is 30.1 Å². The van der Waals surface area contributed by atoms with Gasteiger partial charge in [-0.2, -0.15) is 0 Å². The van der Waals surface area contributed by atoms with Crippen molar-refractivity contribution in [2.24, 2.45) is 7.05 Å². The smallest absolute Gasteiger partial charge is 0.267 e. The Kier molecular flexibility index (Phi) is 7.21. The standard InChI is InChI=1S/C10H16ClN3O.ClH/c1-3-12-4-5-13-10(15)9-6-8(11)7-14(9)2;/h6-7,12H,3-5H2,1-2H3,(H,13,15);1H. The van der Waals surface area contributed by atoms with E-state index in [2.05, 4.69) is 10.6 Å². The Morgan fingerprint density at radius 2 is 2.19 bits per heavy atom. The van der Waals surface area contributed by atoms with Gasteiger partial charge < -0.3 is 15.2 Å². The molecule has 1 aromatic heterocycles. The van der Waals surface area contributed by atoms with Crippen molar-refractivity contribution in [3.63, 3.8) is 0 Å². The average Bonchev–Trinajstić information content (AvgIpc) is 2.52. The van der Waals surface area contributed by atoms with Crippen molar-refractivity contribution in [3.8, 4) is 0 Å². The average molecular weight is 266 g/mol. The number of halogens is 2. The van der Waals surface area contributed by atoms with Gasteiger partial charge in [0.05, 0.1) is 5.02 Å². The van der Waals surface area contributed by atoms with Gasteiger partial charge in [0, 0.05) is 26.3 Å². The summed E-state index contributed by atoms with van der Waals surface area (Å²) in [6.45, 7) is 4.33. The highest BCUT2D eigenvalue weighted by Gasteiger charge is 2.09. The number of carbonyl (C=O) groups is 1. The number of rotatable bonds is 5. The van der Waals surface area contributed by atoms with Crippen molar-refractivity contribution in [2.45, 2.75) is 6.92 Å². The van der Waals surface area contributed by atoms with E-state index in [4.69, 9.17) is 11.6 Å². The molecule has 0 aliphatic rings. The van der Waals surface area contributed by atoms with E-state index >= 15 is 0 Å². The quantitative estimate of drug-likeness (QED) is 0.792. The summed E-state index contributed by atoms with van der Waals surface area (Å²) in [6, 6.07) is 1.66. The Morgan fingerprint density at radius 3 is 2.69 bits per heavy atom. The third-order valence-corrected chi connectivity index (χ3v) is 2.25. The summed E-state index contributed by atoms with van der Waals surface area (Å²) < 4.78 is 1.71. The van der Waals surface area contributed by atoms with Crippen LogP contribution in [0.5, 0.6) is 0 Å². The number of hydrogen-bond donors (Lipinski definition) is 2. The van der Waals surface area contributed by atoms with Crippen LogP contribution in [0.3, 0.4) is 0 Å². The highest BCUT2D eigenvalue weighted by atomic mass is 35.5. The van der Waals surface area contributed by atoms with Crippen molar-refractivity contribution >= 4 is 29.9 Å². The zero-order chi connectivity index (χ0) is 11.3. The zero-order valence-corrected chi connectivity index (χ0v) is 11.0. The Balaban J connectivity index is 0.00000225. The molecule has 4 nitrogen and oxygen atoms in total. The van der Waals surface area contributed by atoms with Crippen LogP contribution in [0, 0.1) is 0 Å². The normalized spacial score (nSPS) is 9.69. The Hall–Kier alpha value is -0.710. The highest BCUT2D eigenvalue weighted by molar-refractivity contribution is 6.31. The molecule has 0 spiro atoms. The number of aryl methyl sites for hydroxylation is 1. The SMILES string of the molecule is CCNCCNC(=O)c1cc(Cl)cn1C.Cl. The molecule has 16 heavy (non-hydrogen) atoms. The molecular formula is C10H17Cl2N3O. The summed E-state index contributed by atoms with van der Waals surface area (Å²) in [4.78, 5) is 11.6. The number of carbonyl (C=O) groups excluding carboxylic acids is 1. The molecule has 0 saturated heterocycles. The molecule has 1 amide bonds. The lowest BCUT2D eigenvalue weighted by Gasteiger charge is -2.05. The fourth-order valence-electron chi connectivity index (χ4n) is 1.28. The maximum absolute atomic E-state index is 11.6. The van der Waals surface area contributed by atoms with Gasteiger partial charge in [0.2, 0.25) is 0 Å². The van der Waals surface area contributed by atoms with E-state index in [1.807, 2.05) is 6.92 Å². The molecule has 0 radical (unpaired) electrons. The van der Waals surface area contributed by atoms with E-state index in [0.717, 1.165) is 13.1 Å². The van der Waals surface area contributed by atoms with Crippen molar-refractivity contribution in [2.75, 3.05) is 19.6 Å². The summed E-state index contributed by atoms with van der Waals surface area (Å²) >= 11 is 5.78. The lowest BCUT2D eigenvalue weighted by molar-refractivity contribution is 0.0946. The first-order valence-corrected chi connectivity index (χ1v) is 5.33.